The van der Waals surface area contributed by atoms with Crippen LogP contribution in [0.3, 0.4) is 0 Å². The number of sulfone groups is 1. The molecule has 0 aliphatic carbocycles. The van der Waals surface area contributed by atoms with Crippen molar-refractivity contribution in [3.05, 3.63) is 70.8 Å². The molecule has 42 heavy (non-hydrogen) atoms. The molecule has 0 spiro atoms. The average molecular weight is 653 g/mol. The van der Waals surface area contributed by atoms with Gasteiger partial charge in [-0.2, -0.15) is 26.3 Å². The van der Waals surface area contributed by atoms with Gasteiger partial charge >= 0.3 is 11.0 Å². The van der Waals surface area contributed by atoms with Crippen molar-refractivity contribution < 1.29 is 44.3 Å². The molecule has 2 aromatic rings. The number of hydrogen-bond acceptors (Lipinski definition) is 4. The van der Waals surface area contributed by atoms with Gasteiger partial charge in [0.05, 0.1) is 0 Å². The molecule has 0 heterocycles. The first kappa shape index (κ1) is 46.9. The molecule has 0 N–H and O–H groups in total. The fourth-order valence-electron chi connectivity index (χ4n) is 1.78. The largest absolute Gasteiger partial charge is 0.432 e. The van der Waals surface area contributed by atoms with Crippen molar-refractivity contribution in [3.63, 3.8) is 0 Å². The molecular formula is C30H50F6O4S2. The number of aryl methyl sites for hydroxylation is 2. The van der Waals surface area contributed by atoms with Gasteiger partial charge < -0.3 is 9.53 Å². The monoisotopic (exact) mass is 652 g/mol. The van der Waals surface area contributed by atoms with Gasteiger partial charge in [-0.1, -0.05) is 96.4 Å². The number of alkyl halides is 6. The van der Waals surface area contributed by atoms with Crippen LogP contribution in [0, 0.1) is 13.8 Å². The van der Waals surface area contributed by atoms with E-state index in [1.54, 1.807) is 14.2 Å². The molecule has 0 saturated heterocycles. The zero-order chi connectivity index (χ0) is 34.4. The number of hydrogen-bond donors (Lipinski definition) is 0. The Morgan fingerprint density at radius 2 is 0.857 bits per heavy atom. The number of unbranched alkanes of at least 4 members (excludes halogenated alkanes) is 1. The van der Waals surface area contributed by atoms with E-state index in [4.69, 9.17) is 0 Å². The van der Waals surface area contributed by atoms with Crippen LogP contribution in [-0.2, 0) is 25.8 Å². The fraction of sp³-hybridized carbons (Fsp3) is 0.567. The van der Waals surface area contributed by atoms with Crippen LogP contribution in [0.5, 0.6) is 0 Å². The lowest BCUT2D eigenvalue weighted by atomic mass is 10.0. The highest BCUT2D eigenvalue weighted by Crippen LogP contribution is 2.66. The van der Waals surface area contributed by atoms with E-state index in [0.29, 0.717) is 0 Å². The van der Waals surface area contributed by atoms with Gasteiger partial charge in [0.1, 0.15) is 15.6 Å². The van der Waals surface area contributed by atoms with Gasteiger partial charge in [0, 0.05) is 26.7 Å². The van der Waals surface area contributed by atoms with Gasteiger partial charge in [-0.25, -0.2) is 8.42 Å². The Hall–Kier alpha value is -2.05. The van der Waals surface area contributed by atoms with E-state index in [2.05, 4.69) is 81.0 Å². The average Bonchev–Trinajstić information content (AvgIpc) is 2.80. The number of Topliss-reactive ketones (excluding diaryl/α,β-unsaturated/α-hetero) is 1. The van der Waals surface area contributed by atoms with Crippen molar-refractivity contribution in [3.8, 4) is 0 Å². The number of ether oxygens (including phenoxy) is 1. The third-order valence-electron chi connectivity index (χ3n) is 4.31. The van der Waals surface area contributed by atoms with Gasteiger partial charge in [0.15, 0.2) is 0 Å². The number of benzene rings is 2. The molecule has 0 radical (unpaired) electrons. The molecule has 248 valence electrons. The molecule has 0 aliphatic heterocycles. The van der Waals surface area contributed by atoms with Crippen LogP contribution in [-0.4, -0.2) is 64.5 Å². The molecule has 0 atom stereocenters. The Labute approximate surface area is 251 Å². The predicted molar refractivity (Wildman–Crippen MR) is 167 cm³/mol. The molecule has 0 aliphatic rings. The van der Waals surface area contributed by atoms with Crippen LogP contribution in [0.1, 0.15) is 62.8 Å². The summed E-state index contributed by atoms with van der Waals surface area (Å²) in [4.78, 5) is 9.44. The summed E-state index contributed by atoms with van der Waals surface area (Å²) in [6.07, 6.45) is 6.36. The zero-order valence-corrected chi connectivity index (χ0v) is 28.6. The van der Waals surface area contributed by atoms with Crippen molar-refractivity contribution in [2.24, 2.45) is 0 Å². The quantitative estimate of drug-likeness (QED) is 0.310. The van der Waals surface area contributed by atoms with Crippen LogP contribution in [0.15, 0.2) is 48.5 Å². The molecule has 2 aromatic carbocycles. The minimum Gasteiger partial charge on any atom is -0.388 e. The standard InChI is InChI=1S/C15H16.C4H6F6S.C4H10.C3H6O.C2H6O2S.C2H6O/c1-12-3-7-14(8-4-12)11-15-9-5-13(2)6-10-15;1-11(2,3(5,6)7)4(8,9)10;1-3-4-2;1-3(2)4;1-5(2,3)4;1-3-2/h3-10H,11H2,1-2H3;1-2H3;3-4H2,1-2H3;1-2H3;1-2H3;1-2H3. The van der Waals surface area contributed by atoms with E-state index in [9.17, 15) is 39.6 Å². The Bertz CT molecular complexity index is 974. The number of carbonyl (C=O) groups is 1. The number of rotatable bonds is 3. The van der Waals surface area contributed by atoms with Crippen LogP contribution in [0.2, 0.25) is 0 Å². The van der Waals surface area contributed by atoms with Crippen LogP contribution in [0.4, 0.5) is 26.3 Å². The number of carbonyl (C=O) groups excluding carboxylic acids is 1. The summed E-state index contributed by atoms with van der Waals surface area (Å²) in [7, 11) is -3.93. The Kier molecular flexibility index (Phi) is 26.1. The topological polar surface area (TPSA) is 60.4 Å². The van der Waals surface area contributed by atoms with E-state index in [-0.39, 0.29) is 18.3 Å². The Morgan fingerprint density at radius 1 is 0.667 bits per heavy atom. The first-order valence-electron chi connectivity index (χ1n) is 12.8. The Balaban J connectivity index is -0.000000234. The summed E-state index contributed by atoms with van der Waals surface area (Å²) in [5.74, 6) is 0.167. The summed E-state index contributed by atoms with van der Waals surface area (Å²) in [6.45, 7) is 11.7. The molecule has 4 nitrogen and oxygen atoms in total. The van der Waals surface area contributed by atoms with Gasteiger partial charge in [0.25, 0.3) is 0 Å². The predicted octanol–water partition coefficient (Wildman–Crippen LogP) is 9.31. The van der Waals surface area contributed by atoms with Gasteiger partial charge in [0.2, 0.25) is 0 Å². The van der Waals surface area contributed by atoms with E-state index in [0.717, 1.165) is 18.9 Å². The van der Waals surface area contributed by atoms with Crippen LogP contribution < -0.4 is 0 Å². The lowest BCUT2D eigenvalue weighted by Gasteiger charge is -2.34. The molecule has 12 heteroatoms. The highest BCUT2D eigenvalue weighted by Gasteiger charge is 2.59. The summed E-state index contributed by atoms with van der Waals surface area (Å²) < 4.78 is 93.4. The summed E-state index contributed by atoms with van der Waals surface area (Å²) in [5.41, 5.74) is -4.92. The van der Waals surface area contributed by atoms with Crippen molar-refractivity contribution in [1.82, 2.24) is 0 Å². The molecule has 0 unspecified atom stereocenters. The zero-order valence-electron chi connectivity index (χ0n) is 27.0. The van der Waals surface area contributed by atoms with Crippen molar-refractivity contribution in [2.75, 3.05) is 39.2 Å². The SMILES string of the molecule is CC(C)=O.CCCC.COC.CS(C)(=O)=O.CS(C)(C(F)(F)F)C(F)(F)F.Cc1ccc(Cc2ccc(C)cc2)cc1. The molecule has 0 aromatic heterocycles. The third-order valence-corrected chi connectivity index (χ3v) is 6.62. The smallest absolute Gasteiger partial charge is 0.388 e. The summed E-state index contributed by atoms with van der Waals surface area (Å²) in [5, 5.41) is 0. The van der Waals surface area contributed by atoms with Crippen LogP contribution in [0.25, 0.3) is 0 Å². The highest BCUT2D eigenvalue weighted by molar-refractivity contribution is 8.34. The summed E-state index contributed by atoms with van der Waals surface area (Å²) in [6, 6.07) is 17.5. The lowest BCUT2D eigenvalue weighted by Crippen LogP contribution is -2.30. The van der Waals surface area contributed by atoms with E-state index < -0.39 is 30.9 Å². The number of methoxy groups -OCH3 is 1. The third kappa shape index (κ3) is 30.9. The molecule has 0 bridgehead atoms. The van der Waals surface area contributed by atoms with Crippen molar-refractivity contribution in [1.29, 1.82) is 0 Å². The number of halogens is 6. The van der Waals surface area contributed by atoms with Crippen molar-refractivity contribution >= 4 is 25.6 Å². The molecule has 0 saturated carbocycles. The maximum absolute atomic E-state index is 11.6. The summed E-state index contributed by atoms with van der Waals surface area (Å²) >= 11 is 0. The van der Waals surface area contributed by atoms with Crippen molar-refractivity contribution in [2.45, 2.75) is 71.8 Å². The van der Waals surface area contributed by atoms with Gasteiger partial charge in [-0.3, -0.25) is 0 Å². The fourth-order valence-corrected chi connectivity index (χ4v) is 2.04. The van der Waals surface area contributed by atoms with Gasteiger partial charge in [-0.05, 0) is 57.8 Å². The molecule has 0 amide bonds. The maximum atomic E-state index is 11.6. The lowest BCUT2D eigenvalue weighted by molar-refractivity contribution is -0.115. The normalized spacial score (nSPS) is 11.2. The first-order valence-corrected chi connectivity index (χ1v) is 17.5. The van der Waals surface area contributed by atoms with E-state index >= 15 is 0 Å². The maximum Gasteiger partial charge on any atom is 0.432 e. The number of ketones is 1. The minimum absolute atomic E-state index is 0.167. The molecular weight excluding hydrogens is 602 g/mol. The second-order valence-electron chi connectivity index (χ2n) is 9.83. The second-order valence-corrected chi connectivity index (χ2v) is 15.7. The van der Waals surface area contributed by atoms with E-state index in [1.807, 2.05) is 0 Å². The van der Waals surface area contributed by atoms with Gasteiger partial charge in [-0.15, -0.1) is 0 Å². The first-order chi connectivity index (χ1) is 18.8. The minimum atomic E-state index is -5.16. The molecule has 0 fully saturated rings. The van der Waals surface area contributed by atoms with Crippen LogP contribution >= 0.6 is 10.0 Å². The highest BCUT2D eigenvalue weighted by atomic mass is 32.3. The Morgan fingerprint density at radius 3 is 0.976 bits per heavy atom. The second kappa shape index (κ2) is 23.4. The molecule has 2 rings (SSSR count). The van der Waals surface area contributed by atoms with E-state index in [1.165, 1.54) is 48.9 Å².